The Hall–Kier alpha value is -0.410. The monoisotopic (exact) mass is 285 g/mol. The molecular formula is C13H17BrFN. The second kappa shape index (κ2) is 4.84. The smallest absolute Gasteiger partial charge is 0.127 e. The first kappa shape index (κ1) is 12.1. The zero-order valence-corrected chi connectivity index (χ0v) is 11.1. The van der Waals surface area contributed by atoms with Crippen molar-refractivity contribution < 1.29 is 4.39 Å². The van der Waals surface area contributed by atoms with Gasteiger partial charge in [0.05, 0.1) is 0 Å². The van der Waals surface area contributed by atoms with Gasteiger partial charge in [-0.1, -0.05) is 29.3 Å². The van der Waals surface area contributed by atoms with Crippen LogP contribution >= 0.6 is 15.9 Å². The molecule has 0 bridgehead atoms. The van der Waals surface area contributed by atoms with Crippen LogP contribution in [0.1, 0.15) is 31.7 Å². The third-order valence-electron chi connectivity index (χ3n) is 3.44. The molecule has 0 atom stereocenters. The van der Waals surface area contributed by atoms with Crippen molar-refractivity contribution in [2.24, 2.45) is 5.41 Å². The number of nitrogens with one attached hydrogen (secondary N) is 1. The summed E-state index contributed by atoms with van der Waals surface area (Å²) in [5.41, 5.74) is 1.18. The van der Waals surface area contributed by atoms with Gasteiger partial charge in [-0.15, -0.1) is 0 Å². The Balaban J connectivity index is 1.87. The van der Waals surface area contributed by atoms with Crippen molar-refractivity contribution >= 4 is 15.9 Å². The predicted molar refractivity (Wildman–Crippen MR) is 67.8 cm³/mol. The second-order valence-corrected chi connectivity index (χ2v) is 5.92. The van der Waals surface area contributed by atoms with Gasteiger partial charge in [0.1, 0.15) is 5.82 Å². The van der Waals surface area contributed by atoms with Crippen LogP contribution in [0.4, 0.5) is 4.39 Å². The summed E-state index contributed by atoms with van der Waals surface area (Å²) in [7, 11) is 0. The first-order valence-electron chi connectivity index (χ1n) is 5.74. The summed E-state index contributed by atoms with van der Waals surface area (Å²) in [6.07, 6.45) is 3.92. The standard InChI is InChI=1S/C13H17BrFN/c1-13(5-2-6-13)9-16-8-10-7-11(14)3-4-12(10)15/h3-4,7,16H,2,5-6,8-9H2,1H3. The fourth-order valence-corrected chi connectivity index (χ4v) is 2.54. The molecule has 3 heteroatoms. The fourth-order valence-electron chi connectivity index (χ4n) is 2.13. The summed E-state index contributed by atoms with van der Waals surface area (Å²) in [6, 6.07) is 5.07. The van der Waals surface area contributed by atoms with E-state index in [1.807, 2.05) is 6.07 Å². The molecule has 0 spiro atoms. The van der Waals surface area contributed by atoms with Crippen LogP contribution in [0.2, 0.25) is 0 Å². The van der Waals surface area contributed by atoms with E-state index in [4.69, 9.17) is 0 Å². The maximum atomic E-state index is 13.4. The van der Waals surface area contributed by atoms with Gasteiger partial charge in [-0.3, -0.25) is 0 Å². The molecule has 1 fully saturated rings. The first-order chi connectivity index (χ1) is 7.59. The van der Waals surface area contributed by atoms with Crippen molar-refractivity contribution in [2.75, 3.05) is 6.54 Å². The van der Waals surface area contributed by atoms with Gasteiger partial charge in [0.25, 0.3) is 0 Å². The summed E-state index contributed by atoms with van der Waals surface area (Å²) in [6.45, 7) is 3.89. The number of benzene rings is 1. The Morgan fingerprint density at radius 1 is 1.44 bits per heavy atom. The number of rotatable bonds is 4. The van der Waals surface area contributed by atoms with Crippen molar-refractivity contribution in [3.05, 3.63) is 34.1 Å². The molecule has 1 saturated carbocycles. The van der Waals surface area contributed by atoms with Crippen LogP contribution in [0.15, 0.2) is 22.7 Å². The summed E-state index contributed by atoms with van der Waals surface area (Å²) >= 11 is 3.36. The van der Waals surface area contributed by atoms with Gasteiger partial charge in [0.15, 0.2) is 0 Å². The zero-order valence-electron chi connectivity index (χ0n) is 9.52. The minimum atomic E-state index is -0.130. The zero-order chi connectivity index (χ0) is 11.6. The van der Waals surface area contributed by atoms with Crippen molar-refractivity contribution in [1.82, 2.24) is 5.32 Å². The van der Waals surface area contributed by atoms with Crippen LogP contribution in [0, 0.1) is 11.2 Å². The molecule has 0 unspecified atom stereocenters. The molecule has 0 aromatic heterocycles. The van der Waals surface area contributed by atoms with Gasteiger partial charge in [-0.2, -0.15) is 0 Å². The second-order valence-electron chi connectivity index (χ2n) is 5.00. The highest BCUT2D eigenvalue weighted by Crippen LogP contribution is 2.39. The Labute approximate surface area is 105 Å². The molecule has 1 aromatic carbocycles. The summed E-state index contributed by atoms with van der Waals surface area (Å²) < 4.78 is 14.4. The molecule has 0 saturated heterocycles. The quantitative estimate of drug-likeness (QED) is 0.886. The molecule has 1 aliphatic rings. The molecule has 1 aromatic rings. The molecule has 2 rings (SSSR count). The van der Waals surface area contributed by atoms with Gasteiger partial charge in [0, 0.05) is 23.1 Å². The van der Waals surface area contributed by atoms with Gasteiger partial charge in [-0.05, 0) is 36.5 Å². The molecule has 88 valence electrons. The first-order valence-corrected chi connectivity index (χ1v) is 6.53. The highest BCUT2D eigenvalue weighted by Gasteiger charge is 2.30. The maximum absolute atomic E-state index is 13.4. The third-order valence-corrected chi connectivity index (χ3v) is 3.93. The van der Waals surface area contributed by atoms with Crippen LogP contribution in [-0.4, -0.2) is 6.54 Å². The summed E-state index contributed by atoms with van der Waals surface area (Å²) in [4.78, 5) is 0. The minimum Gasteiger partial charge on any atom is -0.312 e. The van der Waals surface area contributed by atoms with Gasteiger partial charge < -0.3 is 5.32 Å². The molecular weight excluding hydrogens is 269 g/mol. The molecule has 0 amide bonds. The van der Waals surface area contributed by atoms with Crippen molar-refractivity contribution in [1.29, 1.82) is 0 Å². The lowest BCUT2D eigenvalue weighted by Gasteiger charge is -2.38. The average molecular weight is 286 g/mol. The van der Waals surface area contributed by atoms with Crippen molar-refractivity contribution in [3.8, 4) is 0 Å². The minimum absolute atomic E-state index is 0.130. The summed E-state index contributed by atoms with van der Waals surface area (Å²) in [5, 5.41) is 3.35. The van der Waals surface area contributed by atoms with Crippen LogP contribution in [0.25, 0.3) is 0 Å². The Bertz CT molecular complexity index is 374. The summed E-state index contributed by atoms with van der Waals surface area (Å²) in [5.74, 6) is -0.130. The molecule has 0 heterocycles. The molecule has 1 N–H and O–H groups in total. The predicted octanol–water partition coefficient (Wildman–Crippen LogP) is 3.87. The molecule has 16 heavy (non-hydrogen) atoms. The lowest BCUT2D eigenvalue weighted by Crippen LogP contribution is -2.37. The van der Waals surface area contributed by atoms with Crippen molar-refractivity contribution in [3.63, 3.8) is 0 Å². The van der Waals surface area contributed by atoms with E-state index >= 15 is 0 Å². The Morgan fingerprint density at radius 3 is 2.81 bits per heavy atom. The Morgan fingerprint density at radius 2 is 2.19 bits per heavy atom. The normalized spacial score (nSPS) is 18.2. The van der Waals surface area contributed by atoms with Crippen LogP contribution in [0.5, 0.6) is 0 Å². The SMILES string of the molecule is CC1(CNCc2cc(Br)ccc2F)CCC1. The number of hydrogen-bond donors (Lipinski definition) is 1. The Kier molecular flexibility index (Phi) is 3.65. The fraction of sp³-hybridized carbons (Fsp3) is 0.538. The third kappa shape index (κ3) is 2.83. The van der Waals surface area contributed by atoms with E-state index in [2.05, 4.69) is 28.2 Å². The number of halogens is 2. The van der Waals surface area contributed by atoms with Crippen molar-refractivity contribution in [2.45, 2.75) is 32.7 Å². The van der Waals surface area contributed by atoms with E-state index in [9.17, 15) is 4.39 Å². The topological polar surface area (TPSA) is 12.0 Å². The van der Waals surface area contributed by atoms with Gasteiger partial charge >= 0.3 is 0 Å². The lowest BCUT2D eigenvalue weighted by atomic mass is 9.70. The lowest BCUT2D eigenvalue weighted by molar-refractivity contribution is 0.156. The highest BCUT2D eigenvalue weighted by atomic mass is 79.9. The molecule has 1 aliphatic carbocycles. The van der Waals surface area contributed by atoms with Crippen LogP contribution in [-0.2, 0) is 6.54 Å². The average Bonchev–Trinajstić information content (AvgIpc) is 2.21. The van der Waals surface area contributed by atoms with E-state index in [0.29, 0.717) is 12.0 Å². The highest BCUT2D eigenvalue weighted by molar-refractivity contribution is 9.10. The van der Waals surface area contributed by atoms with E-state index < -0.39 is 0 Å². The molecule has 0 aliphatic heterocycles. The number of hydrogen-bond acceptors (Lipinski definition) is 1. The van der Waals surface area contributed by atoms with Crippen LogP contribution in [0.3, 0.4) is 0 Å². The van der Waals surface area contributed by atoms with E-state index in [0.717, 1.165) is 16.6 Å². The van der Waals surface area contributed by atoms with E-state index in [1.54, 1.807) is 6.07 Å². The van der Waals surface area contributed by atoms with Crippen LogP contribution < -0.4 is 5.32 Å². The van der Waals surface area contributed by atoms with E-state index in [-0.39, 0.29) is 5.82 Å². The van der Waals surface area contributed by atoms with Gasteiger partial charge in [-0.25, -0.2) is 4.39 Å². The maximum Gasteiger partial charge on any atom is 0.127 e. The molecule has 0 radical (unpaired) electrons. The van der Waals surface area contributed by atoms with E-state index in [1.165, 1.54) is 25.3 Å². The molecule has 1 nitrogen and oxygen atoms in total. The van der Waals surface area contributed by atoms with Gasteiger partial charge in [0.2, 0.25) is 0 Å². The largest absolute Gasteiger partial charge is 0.312 e.